The Balaban J connectivity index is 2.42. The normalized spacial score (nSPS) is 19.3. The number of nitrogens with two attached hydrogens (primary N) is 1. The lowest BCUT2D eigenvalue weighted by molar-refractivity contribution is -0.172. The predicted molar refractivity (Wildman–Crippen MR) is 49.7 cm³/mol. The molecule has 0 unspecified atom stereocenters. The zero-order valence-corrected chi connectivity index (χ0v) is 8.38. The fourth-order valence-electron chi connectivity index (χ4n) is 1.66. The Labute approximate surface area is 79.0 Å². The average molecular weight is 186 g/mol. The van der Waals surface area contributed by atoms with E-state index < -0.39 is 0 Å². The lowest BCUT2D eigenvalue weighted by Gasteiger charge is -2.40. The zero-order valence-electron chi connectivity index (χ0n) is 8.38. The Morgan fingerprint density at radius 1 is 1.62 bits per heavy atom. The first-order chi connectivity index (χ1) is 6.13. The summed E-state index contributed by atoms with van der Waals surface area (Å²) in [5.74, 6) is 0.0210. The van der Waals surface area contributed by atoms with Crippen LogP contribution in [0, 0.1) is 5.41 Å². The van der Waals surface area contributed by atoms with Gasteiger partial charge in [-0.3, -0.25) is 9.63 Å². The fourth-order valence-corrected chi connectivity index (χ4v) is 1.66. The van der Waals surface area contributed by atoms with Gasteiger partial charge in [0.2, 0.25) is 5.91 Å². The molecule has 0 aliphatic heterocycles. The molecule has 4 heteroatoms. The Morgan fingerprint density at radius 3 is 2.54 bits per heavy atom. The van der Waals surface area contributed by atoms with Gasteiger partial charge in [0.05, 0.1) is 7.11 Å². The van der Waals surface area contributed by atoms with Crippen LogP contribution in [0.4, 0.5) is 0 Å². The van der Waals surface area contributed by atoms with Gasteiger partial charge in [0, 0.05) is 13.5 Å². The highest BCUT2D eigenvalue weighted by atomic mass is 16.7. The molecule has 0 bridgehead atoms. The first kappa shape index (κ1) is 10.5. The van der Waals surface area contributed by atoms with E-state index in [1.807, 2.05) is 0 Å². The van der Waals surface area contributed by atoms with Gasteiger partial charge in [-0.05, 0) is 24.8 Å². The van der Waals surface area contributed by atoms with E-state index in [9.17, 15) is 4.79 Å². The molecule has 0 heterocycles. The number of hydroxylamine groups is 2. The summed E-state index contributed by atoms with van der Waals surface area (Å²) in [5.41, 5.74) is 5.72. The molecule has 2 N–H and O–H groups in total. The summed E-state index contributed by atoms with van der Waals surface area (Å²) in [4.78, 5) is 16.3. The van der Waals surface area contributed by atoms with Crippen LogP contribution in [-0.2, 0) is 9.63 Å². The topological polar surface area (TPSA) is 55.6 Å². The second-order valence-corrected chi connectivity index (χ2v) is 3.81. The molecule has 0 spiro atoms. The van der Waals surface area contributed by atoms with Crippen molar-refractivity contribution in [3.63, 3.8) is 0 Å². The molecule has 1 aliphatic rings. The summed E-state index contributed by atoms with van der Waals surface area (Å²) in [6.45, 7) is 0.607. The SMILES string of the molecule is CON(C)C(=O)CC1(CN)CCC1. The third kappa shape index (κ3) is 2.19. The fraction of sp³-hybridized carbons (Fsp3) is 0.889. The van der Waals surface area contributed by atoms with Crippen molar-refractivity contribution >= 4 is 5.91 Å². The van der Waals surface area contributed by atoms with Crippen LogP contribution in [0.25, 0.3) is 0 Å². The maximum absolute atomic E-state index is 11.5. The lowest BCUT2D eigenvalue weighted by Crippen LogP contribution is -2.42. The van der Waals surface area contributed by atoms with Gasteiger partial charge in [0.15, 0.2) is 0 Å². The van der Waals surface area contributed by atoms with Gasteiger partial charge in [0.25, 0.3) is 0 Å². The molecule has 0 radical (unpaired) electrons. The van der Waals surface area contributed by atoms with Crippen molar-refractivity contribution in [3.05, 3.63) is 0 Å². The zero-order chi connectivity index (χ0) is 9.90. The lowest BCUT2D eigenvalue weighted by atomic mass is 9.66. The van der Waals surface area contributed by atoms with Crippen LogP contribution in [0.3, 0.4) is 0 Å². The largest absolute Gasteiger partial charge is 0.330 e. The van der Waals surface area contributed by atoms with E-state index in [-0.39, 0.29) is 11.3 Å². The van der Waals surface area contributed by atoms with E-state index in [4.69, 9.17) is 10.6 Å². The summed E-state index contributed by atoms with van der Waals surface area (Å²) in [7, 11) is 3.12. The molecule has 0 aromatic heterocycles. The minimum absolute atomic E-state index is 0.0210. The molecular formula is C9H18N2O2. The minimum Gasteiger partial charge on any atom is -0.330 e. The smallest absolute Gasteiger partial charge is 0.246 e. The third-order valence-electron chi connectivity index (χ3n) is 3.00. The highest BCUT2D eigenvalue weighted by Crippen LogP contribution is 2.43. The molecule has 1 rings (SSSR count). The van der Waals surface area contributed by atoms with Crippen molar-refractivity contribution in [2.45, 2.75) is 25.7 Å². The highest BCUT2D eigenvalue weighted by Gasteiger charge is 2.38. The molecule has 0 saturated heterocycles. The van der Waals surface area contributed by atoms with Crippen LogP contribution in [0.2, 0.25) is 0 Å². The van der Waals surface area contributed by atoms with Crippen LogP contribution < -0.4 is 5.73 Å². The van der Waals surface area contributed by atoms with Crippen molar-refractivity contribution in [2.24, 2.45) is 11.1 Å². The molecular weight excluding hydrogens is 168 g/mol. The van der Waals surface area contributed by atoms with E-state index in [0.717, 1.165) is 12.8 Å². The van der Waals surface area contributed by atoms with Crippen molar-refractivity contribution in [2.75, 3.05) is 20.7 Å². The van der Waals surface area contributed by atoms with Crippen LogP contribution in [0.1, 0.15) is 25.7 Å². The second-order valence-electron chi connectivity index (χ2n) is 3.81. The van der Waals surface area contributed by atoms with Gasteiger partial charge < -0.3 is 5.73 Å². The van der Waals surface area contributed by atoms with Crippen LogP contribution in [0.15, 0.2) is 0 Å². The molecule has 0 aromatic rings. The molecule has 1 amide bonds. The quantitative estimate of drug-likeness (QED) is 0.651. The number of rotatable bonds is 4. The molecule has 13 heavy (non-hydrogen) atoms. The number of hydrogen-bond donors (Lipinski definition) is 1. The van der Waals surface area contributed by atoms with Gasteiger partial charge >= 0.3 is 0 Å². The Morgan fingerprint density at radius 2 is 2.23 bits per heavy atom. The van der Waals surface area contributed by atoms with Crippen molar-refractivity contribution in [1.29, 1.82) is 0 Å². The predicted octanol–water partition coefficient (Wildman–Crippen LogP) is 0.525. The standard InChI is InChI=1S/C9H18N2O2/c1-11(13-2)8(12)6-9(7-10)4-3-5-9/h3-7,10H2,1-2H3. The van der Waals surface area contributed by atoms with E-state index in [1.54, 1.807) is 7.05 Å². The van der Waals surface area contributed by atoms with Crippen molar-refractivity contribution in [1.82, 2.24) is 5.06 Å². The van der Waals surface area contributed by atoms with Crippen LogP contribution in [-0.4, -0.2) is 31.7 Å². The molecule has 76 valence electrons. The maximum atomic E-state index is 11.5. The van der Waals surface area contributed by atoms with Crippen molar-refractivity contribution < 1.29 is 9.63 Å². The second kappa shape index (κ2) is 4.07. The first-order valence-corrected chi connectivity index (χ1v) is 4.64. The number of carbonyl (C=O) groups excluding carboxylic acids is 1. The molecule has 1 fully saturated rings. The Hall–Kier alpha value is -0.610. The van der Waals surface area contributed by atoms with Gasteiger partial charge in [-0.1, -0.05) is 6.42 Å². The maximum Gasteiger partial charge on any atom is 0.246 e. The van der Waals surface area contributed by atoms with E-state index in [0.29, 0.717) is 13.0 Å². The summed E-state index contributed by atoms with van der Waals surface area (Å²) >= 11 is 0. The van der Waals surface area contributed by atoms with Crippen molar-refractivity contribution in [3.8, 4) is 0 Å². The van der Waals surface area contributed by atoms with E-state index in [2.05, 4.69) is 0 Å². The first-order valence-electron chi connectivity index (χ1n) is 4.64. The monoisotopic (exact) mass is 186 g/mol. The van der Waals surface area contributed by atoms with Gasteiger partial charge in [-0.25, -0.2) is 5.06 Å². The molecule has 0 aromatic carbocycles. The van der Waals surface area contributed by atoms with Gasteiger partial charge in [-0.2, -0.15) is 0 Å². The summed E-state index contributed by atoms with van der Waals surface area (Å²) in [6, 6.07) is 0. The third-order valence-corrected chi connectivity index (χ3v) is 3.00. The van der Waals surface area contributed by atoms with E-state index >= 15 is 0 Å². The molecule has 0 atom stereocenters. The number of amides is 1. The number of carbonyl (C=O) groups is 1. The number of nitrogens with zero attached hydrogens (tertiary/aromatic N) is 1. The van der Waals surface area contributed by atoms with Gasteiger partial charge in [0.1, 0.15) is 0 Å². The molecule has 4 nitrogen and oxygen atoms in total. The minimum atomic E-state index is 0.0210. The summed E-state index contributed by atoms with van der Waals surface area (Å²) in [5, 5.41) is 1.27. The van der Waals surface area contributed by atoms with Crippen LogP contribution in [0.5, 0.6) is 0 Å². The summed E-state index contributed by atoms with van der Waals surface area (Å²) in [6.07, 6.45) is 3.87. The molecule has 1 saturated carbocycles. The highest BCUT2D eigenvalue weighted by molar-refractivity contribution is 5.75. The summed E-state index contributed by atoms with van der Waals surface area (Å²) < 4.78 is 0. The Bertz CT molecular complexity index is 185. The van der Waals surface area contributed by atoms with Gasteiger partial charge in [-0.15, -0.1) is 0 Å². The average Bonchev–Trinajstić information content (AvgIpc) is 2.09. The molecule has 1 aliphatic carbocycles. The Kier molecular flexibility index (Phi) is 3.27. The van der Waals surface area contributed by atoms with E-state index in [1.165, 1.54) is 18.6 Å². The number of hydrogen-bond acceptors (Lipinski definition) is 3. The van der Waals surface area contributed by atoms with Crippen LogP contribution >= 0.6 is 0 Å².